The standard InChI is InChI=1S/C16H11ClFN3O3/c17-10-1-4-14(19-7-10)20-15(22)8-21-12-3-2-11(18)5-9(12)6-13(21)16(23)24/h1-7H,8H2,(H,23,24)(H,19,20,22). The van der Waals surface area contributed by atoms with Gasteiger partial charge in [0.15, 0.2) is 0 Å². The highest BCUT2D eigenvalue weighted by Crippen LogP contribution is 2.21. The maximum Gasteiger partial charge on any atom is 0.352 e. The van der Waals surface area contributed by atoms with Crippen LogP contribution in [0.25, 0.3) is 10.9 Å². The van der Waals surface area contributed by atoms with E-state index in [4.69, 9.17) is 11.6 Å². The van der Waals surface area contributed by atoms with Gasteiger partial charge in [0.1, 0.15) is 23.9 Å². The number of carbonyl (C=O) groups excluding carboxylic acids is 1. The van der Waals surface area contributed by atoms with Crippen molar-refractivity contribution in [2.75, 3.05) is 5.32 Å². The number of rotatable bonds is 4. The van der Waals surface area contributed by atoms with Gasteiger partial charge >= 0.3 is 5.97 Å². The number of amides is 1. The SMILES string of the molecule is O=C(Cn1c(C(=O)O)cc2cc(F)ccc21)Nc1ccc(Cl)cn1. The summed E-state index contributed by atoms with van der Waals surface area (Å²) in [6.07, 6.45) is 1.38. The Morgan fingerprint density at radius 1 is 1.25 bits per heavy atom. The summed E-state index contributed by atoms with van der Waals surface area (Å²) in [5.74, 6) is -1.85. The highest BCUT2D eigenvalue weighted by atomic mass is 35.5. The number of carbonyl (C=O) groups is 2. The molecule has 1 aromatic carbocycles. The molecule has 0 aliphatic carbocycles. The van der Waals surface area contributed by atoms with E-state index in [-0.39, 0.29) is 12.2 Å². The Kier molecular flexibility index (Phi) is 4.18. The summed E-state index contributed by atoms with van der Waals surface area (Å²) in [6.45, 7) is -0.249. The van der Waals surface area contributed by atoms with Crippen molar-refractivity contribution >= 4 is 40.2 Å². The van der Waals surface area contributed by atoms with Gasteiger partial charge in [-0.25, -0.2) is 14.2 Å². The quantitative estimate of drug-likeness (QED) is 0.759. The number of fused-ring (bicyclic) bond motifs is 1. The highest BCUT2D eigenvalue weighted by molar-refractivity contribution is 6.30. The molecule has 0 spiro atoms. The Labute approximate surface area is 140 Å². The van der Waals surface area contributed by atoms with Gasteiger partial charge in [0, 0.05) is 17.1 Å². The van der Waals surface area contributed by atoms with Crippen molar-refractivity contribution in [1.82, 2.24) is 9.55 Å². The zero-order valence-electron chi connectivity index (χ0n) is 12.2. The molecule has 0 saturated heterocycles. The predicted octanol–water partition coefficient (Wildman–Crippen LogP) is 3.17. The van der Waals surface area contributed by atoms with Crippen molar-refractivity contribution in [3.63, 3.8) is 0 Å². The molecule has 2 N–H and O–H groups in total. The molecule has 2 aromatic heterocycles. The number of carboxylic acids is 1. The van der Waals surface area contributed by atoms with Gasteiger partial charge in [0.25, 0.3) is 0 Å². The van der Waals surface area contributed by atoms with Crippen molar-refractivity contribution in [2.45, 2.75) is 6.54 Å². The van der Waals surface area contributed by atoms with Crippen molar-refractivity contribution in [3.8, 4) is 0 Å². The minimum absolute atomic E-state index is 0.102. The molecule has 6 nitrogen and oxygen atoms in total. The summed E-state index contributed by atoms with van der Waals surface area (Å²) in [4.78, 5) is 27.5. The molecule has 122 valence electrons. The molecule has 24 heavy (non-hydrogen) atoms. The third kappa shape index (κ3) is 3.21. The number of benzene rings is 1. The lowest BCUT2D eigenvalue weighted by Crippen LogP contribution is -2.21. The van der Waals surface area contributed by atoms with Gasteiger partial charge in [-0.15, -0.1) is 0 Å². The molecule has 3 rings (SSSR count). The monoisotopic (exact) mass is 347 g/mol. The summed E-state index contributed by atoms with van der Waals surface area (Å²) in [6, 6.07) is 8.29. The van der Waals surface area contributed by atoms with E-state index in [0.717, 1.165) is 0 Å². The molecule has 0 radical (unpaired) electrons. The van der Waals surface area contributed by atoms with E-state index in [0.29, 0.717) is 21.7 Å². The van der Waals surface area contributed by atoms with Gasteiger partial charge in [-0.3, -0.25) is 4.79 Å². The molecule has 8 heteroatoms. The van der Waals surface area contributed by atoms with Crippen molar-refractivity contribution in [1.29, 1.82) is 0 Å². The van der Waals surface area contributed by atoms with E-state index in [1.54, 1.807) is 6.07 Å². The summed E-state index contributed by atoms with van der Waals surface area (Å²) in [7, 11) is 0. The maximum atomic E-state index is 13.3. The largest absolute Gasteiger partial charge is 0.477 e. The van der Waals surface area contributed by atoms with Gasteiger partial charge < -0.3 is 15.0 Å². The fourth-order valence-corrected chi connectivity index (χ4v) is 2.48. The molecule has 0 aliphatic rings. The molecule has 3 aromatic rings. The molecule has 0 bridgehead atoms. The lowest BCUT2D eigenvalue weighted by Gasteiger charge is -2.09. The van der Waals surface area contributed by atoms with Crippen LogP contribution in [0.4, 0.5) is 10.2 Å². The first-order valence-electron chi connectivity index (χ1n) is 6.87. The second kappa shape index (κ2) is 6.29. The number of nitrogens with one attached hydrogen (secondary N) is 1. The Morgan fingerprint density at radius 2 is 2.04 bits per heavy atom. The average Bonchev–Trinajstić information content (AvgIpc) is 2.87. The van der Waals surface area contributed by atoms with E-state index >= 15 is 0 Å². The number of pyridine rings is 1. The Hall–Kier alpha value is -2.93. The third-order valence-electron chi connectivity index (χ3n) is 3.38. The Balaban J connectivity index is 1.90. The van der Waals surface area contributed by atoms with Gasteiger partial charge in [-0.1, -0.05) is 11.6 Å². The van der Waals surface area contributed by atoms with Crippen LogP contribution in [-0.2, 0) is 11.3 Å². The fraction of sp³-hybridized carbons (Fsp3) is 0.0625. The summed E-state index contributed by atoms with van der Waals surface area (Å²) in [5, 5.41) is 12.7. The summed E-state index contributed by atoms with van der Waals surface area (Å²) in [5.41, 5.74) is 0.350. The first-order chi connectivity index (χ1) is 11.4. The lowest BCUT2D eigenvalue weighted by atomic mass is 10.2. The number of carboxylic acid groups (broad SMARTS) is 1. The van der Waals surface area contributed by atoms with Crippen LogP contribution in [-0.4, -0.2) is 26.5 Å². The van der Waals surface area contributed by atoms with Gasteiger partial charge in [-0.2, -0.15) is 0 Å². The molecule has 2 heterocycles. The van der Waals surface area contributed by atoms with E-state index in [1.165, 1.54) is 41.1 Å². The molecular formula is C16H11ClFN3O3. The van der Waals surface area contributed by atoms with Crippen LogP contribution >= 0.6 is 11.6 Å². The average molecular weight is 348 g/mol. The number of aromatic nitrogens is 2. The normalized spacial score (nSPS) is 10.8. The zero-order valence-corrected chi connectivity index (χ0v) is 12.9. The Bertz CT molecular complexity index is 938. The molecular weight excluding hydrogens is 337 g/mol. The molecule has 1 amide bonds. The molecule has 0 atom stereocenters. The minimum atomic E-state index is -1.20. The smallest absolute Gasteiger partial charge is 0.352 e. The highest BCUT2D eigenvalue weighted by Gasteiger charge is 2.17. The van der Waals surface area contributed by atoms with E-state index in [1.807, 2.05) is 0 Å². The Morgan fingerprint density at radius 3 is 2.71 bits per heavy atom. The van der Waals surface area contributed by atoms with Crippen LogP contribution in [0.1, 0.15) is 10.5 Å². The predicted molar refractivity (Wildman–Crippen MR) is 86.7 cm³/mol. The number of halogens is 2. The fourth-order valence-electron chi connectivity index (χ4n) is 2.37. The van der Waals surface area contributed by atoms with Gasteiger partial charge in [-0.05, 0) is 36.4 Å². The van der Waals surface area contributed by atoms with Crippen LogP contribution in [0.5, 0.6) is 0 Å². The van der Waals surface area contributed by atoms with E-state index in [2.05, 4.69) is 10.3 Å². The number of nitrogens with zero attached hydrogens (tertiary/aromatic N) is 2. The second-order valence-corrected chi connectivity index (χ2v) is 5.47. The first-order valence-corrected chi connectivity index (χ1v) is 7.25. The molecule has 0 aliphatic heterocycles. The molecule has 0 saturated carbocycles. The minimum Gasteiger partial charge on any atom is -0.477 e. The van der Waals surface area contributed by atoms with Crippen LogP contribution in [0.3, 0.4) is 0 Å². The van der Waals surface area contributed by atoms with Gasteiger partial charge in [0.05, 0.1) is 5.02 Å². The van der Waals surface area contributed by atoms with Crippen LogP contribution in [0, 0.1) is 5.82 Å². The van der Waals surface area contributed by atoms with Crippen LogP contribution < -0.4 is 5.32 Å². The van der Waals surface area contributed by atoms with E-state index < -0.39 is 17.7 Å². The van der Waals surface area contributed by atoms with Crippen LogP contribution in [0.2, 0.25) is 5.02 Å². The number of aromatic carboxylic acids is 1. The van der Waals surface area contributed by atoms with Crippen molar-refractivity contribution in [3.05, 3.63) is 59.1 Å². The number of anilines is 1. The maximum absolute atomic E-state index is 13.3. The summed E-state index contributed by atoms with van der Waals surface area (Å²) >= 11 is 5.72. The van der Waals surface area contributed by atoms with Gasteiger partial charge in [0.2, 0.25) is 5.91 Å². The van der Waals surface area contributed by atoms with Crippen molar-refractivity contribution < 1.29 is 19.1 Å². The molecule has 0 unspecified atom stereocenters. The number of hydrogen-bond donors (Lipinski definition) is 2. The zero-order chi connectivity index (χ0) is 17.3. The lowest BCUT2D eigenvalue weighted by molar-refractivity contribution is -0.116. The van der Waals surface area contributed by atoms with Crippen molar-refractivity contribution in [2.24, 2.45) is 0 Å². The first kappa shape index (κ1) is 15.9. The topological polar surface area (TPSA) is 84.2 Å². The second-order valence-electron chi connectivity index (χ2n) is 5.03. The van der Waals surface area contributed by atoms with E-state index in [9.17, 15) is 19.1 Å². The summed E-state index contributed by atoms with van der Waals surface area (Å²) < 4.78 is 14.6. The number of hydrogen-bond acceptors (Lipinski definition) is 3. The van der Waals surface area contributed by atoms with Crippen LogP contribution in [0.15, 0.2) is 42.6 Å². The molecule has 0 fully saturated rings. The third-order valence-corrected chi connectivity index (χ3v) is 3.60.